The normalized spacial score (nSPS) is 26.0. The molecule has 17 heteroatoms. The third-order valence-electron chi connectivity index (χ3n) is 10.3. The minimum atomic E-state index is -4.24. The van der Waals surface area contributed by atoms with Gasteiger partial charge >= 0.3 is 12.2 Å². The fourth-order valence-electron chi connectivity index (χ4n) is 7.46. The molecule has 0 radical (unpaired) electrons. The van der Waals surface area contributed by atoms with E-state index in [0.29, 0.717) is 41.0 Å². The molecule has 0 aromatic heterocycles. The van der Waals surface area contributed by atoms with Crippen LogP contribution >= 0.6 is 11.6 Å². The van der Waals surface area contributed by atoms with E-state index in [9.17, 15) is 36.8 Å². The lowest BCUT2D eigenvalue weighted by Crippen LogP contribution is -2.58. The van der Waals surface area contributed by atoms with Crippen LogP contribution in [0.15, 0.2) is 54.6 Å². The van der Waals surface area contributed by atoms with E-state index in [1.165, 1.54) is 21.9 Å². The van der Waals surface area contributed by atoms with Crippen LogP contribution in [0.4, 0.5) is 14.0 Å². The maximum atomic E-state index is 14.5. The first-order valence-corrected chi connectivity index (χ1v) is 20.8. The van der Waals surface area contributed by atoms with E-state index < -0.39 is 86.7 Å². The van der Waals surface area contributed by atoms with Gasteiger partial charge < -0.3 is 25.0 Å². The Hall–Kier alpha value is -4.70. The monoisotopic (exact) mass is 815 g/mol. The lowest BCUT2D eigenvalue weighted by Gasteiger charge is -2.30. The number of ether oxygens (including phenoxy) is 2. The van der Waals surface area contributed by atoms with Gasteiger partial charge in [0.25, 0.3) is 5.91 Å². The molecule has 2 fully saturated rings. The molecule has 0 bridgehead atoms. The number of nitrogens with one attached hydrogen (secondary N) is 3. The highest BCUT2D eigenvalue weighted by Gasteiger charge is 2.61. The summed E-state index contributed by atoms with van der Waals surface area (Å²) in [5.74, 6) is -3.85. The van der Waals surface area contributed by atoms with Crippen molar-refractivity contribution in [3.8, 4) is 0 Å². The van der Waals surface area contributed by atoms with E-state index in [0.717, 1.165) is 6.42 Å². The lowest BCUT2D eigenvalue weighted by molar-refractivity contribution is -0.141. The van der Waals surface area contributed by atoms with Crippen LogP contribution in [0, 0.1) is 11.7 Å². The Balaban J connectivity index is 1.25. The molecule has 5 amide bonds. The average molecular weight is 816 g/mol. The van der Waals surface area contributed by atoms with Crippen molar-refractivity contribution in [1.82, 2.24) is 25.2 Å². The molecule has 14 nitrogen and oxygen atoms in total. The summed E-state index contributed by atoms with van der Waals surface area (Å²) in [6, 6.07) is 8.41. The number of amides is 5. The van der Waals surface area contributed by atoms with Gasteiger partial charge in [0.2, 0.25) is 21.8 Å². The number of benzene rings is 2. The first-order valence-electron chi connectivity index (χ1n) is 18.7. The Morgan fingerprint density at radius 2 is 1.84 bits per heavy atom. The smallest absolute Gasteiger partial charge is 0.410 e. The molecule has 6 rings (SSSR count). The van der Waals surface area contributed by atoms with Crippen molar-refractivity contribution < 1.29 is 46.3 Å². The number of hydrogen-bond donors (Lipinski definition) is 3. The zero-order valence-electron chi connectivity index (χ0n) is 31.5. The molecule has 56 heavy (non-hydrogen) atoms. The molecule has 3 heterocycles. The summed E-state index contributed by atoms with van der Waals surface area (Å²) in [7, 11) is -4.24. The molecule has 2 aromatic rings. The van der Waals surface area contributed by atoms with Gasteiger partial charge in [0.15, 0.2) is 0 Å². The van der Waals surface area contributed by atoms with E-state index in [1.807, 2.05) is 6.08 Å². The molecule has 1 saturated carbocycles. The molecule has 2 aromatic carbocycles. The Bertz CT molecular complexity index is 2020. The number of allylic oxidation sites excluding steroid dienone is 1. The van der Waals surface area contributed by atoms with Gasteiger partial charge in [-0.05, 0) is 75.8 Å². The van der Waals surface area contributed by atoms with Gasteiger partial charge in [0.1, 0.15) is 35.1 Å². The van der Waals surface area contributed by atoms with Crippen molar-refractivity contribution in [2.24, 2.45) is 5.92 Å². The number of sulfonamides is 1. The summed E-state index contributed by atoms with van der Waals surface area (Å²) in [4.78, 5) is 71.5. The molecule has 3 aliphatic heterocycles. The van der Waals surface area contributed by atoms with Crippen LogP contribution in [0.1, 0.15) is 82.4 Å². The summed E-state index contributed by atoms with van der Waals surface area (Å²) in [5.41, 5.74) is -1.15. The zero-order valence-corrected chi connectivity index (χ0v) is 33.1. The van der Waals surface area contributed by atoms with Crippen molar-refractivity contribution in [2.75, 3.05) is 6.54 Å². The van der Waals surface area contributed by atoms with Crippen LogP contribution in [0.2, 0.25) is 5.02 Å². The Kier molecular flexibility index (Phi) is 12.0. The Labute approximate surface area is 330 Å². The molecule has 0 unspecified atom stereocenters. The van der Waals surface area contributed by atoms with Gasteiger partial charge in [-0.15, -0.1) is 0 Å². The minimum Gasteiger partial charge on any atom is -0.444 e. The first-order chi connectivity index (χ1) is 26.4. The highest BCUT2D eigenvalue weighted by molar-refractivity contribution is 7.89. The number of carbonyl (C=O) groups excluding carboxylic acids is 5. The van der Waals surface area contributed by atoms with E-state index in [1.54, 1.807) is 57.2 Å². The predicted molar refractivity (Wildman–Crippen MR) is 203 cm³/mol. The number of nitrogens with zero attached hydrogens (tertiary/aromatic N) is 2. The maximum absolute atomic E-state index is 14.5. The predicted octanol–water partition coefficient (Wildman–Crippen LogP) is 4.84. The van der Waals surface area contributed by atoms with E-state index in [2.05, 4.69) is 15.4 Å². The van der Waals surface area contributed by atoms with Gasteiger partial charge in [0, 0.05) is 29.5 Å². The SMILES string of the molecule is CC(C)(C)OC(=O)N[C@H]1CCCCC/C=C\[C@H]2C[C@@]2(C(=O)NS(=O)(=O)Cc2cccc(Cl)c2)NC(=O)[C@@H]2C[C@@H](OC(=O)N3Cc4cccc(F)c4C3)CN2C1=O. The van der Waals surface area contributed by atoms with Crippen LogP contribution in [0.5, 0.6) is 0 Å². The summed E-state index contributed by atoms with van der Waals surface area (Å²) in [6.45, 7) is 4.93. The fourth-order valence-corrected chi connectivity index (χ4v) is 8.82. The molecular weight excluding hydrogens is 769 g/mol. The van der Waals surface area contributed by atoms with Crippen molar-refractivity contribution in [3.63, 3.8) is 0 Å². The quantitative estimate of drug-likeness (QED) is 0.344. The van der Waals surface area contributed by atoms with Crippen LogP contribution in [-0.2, 0) is 52.7 Å². The van der Waals surface area contributed by atoms with Gasteiger partial charge in [-0.25, -0.2) is 22.4 Å². The van der Waals surface area contributed by atoms with Gasteiger partial charge in [-0.3, -0.25) is 24.0 Å². The zero-order chi connectivity index (χ0) is 40.4. The molecular formula is C39H47ClFN5O9S. The Morgan fingerprint density at radius 3 is 2.57 bits per heavy atom. The largest absolute Gasteiger partial charge is 0.444 e. The highest BCUT2D eigenvalue weighted by Crippen LogP contribution is 2.46. The topological polar surface area (TPSA) is 181 Å². The molecule has 0 spiro atoms. The lowest BCUT2D eigenvalue weighted by atomic mass is 10.0. The van der Waals surface area contributed by atoms with Crippen molar-refractivity contribution >= 4 is 51.5 Å². The summed E-state index contributed by atoms with van der Waals surface area (Å²) in [5, 5.41) is 5.76. The van der Waals surface area contributed by atoms with Gasteiger partial charge in [-0.2, -0.15) is 0 Å². The van der Waals surface area contributed by atoms with Crippen molar-refractivity contribution in [2.45, 2.75) is 114 Å². The second-order valence-electron chi connectivity index (χ2n) is 15.8. The first kappa shape index (κ1) is 40.9. The third-order valence-corrected chi connectivity index (χ3v) is 11.7. The average Bonchev–Trinajstić information content (AvgIpc) is 3.40. The second kappa shape index (κ2) is 16.4. The van der Waals surface area contributed by atoms with Crippen LogP contribution in [0.25, 0.3) is 0 Å². The number of fused-ring (bicyclic) bond motifs is 3. The van der Waals surface area contributed by atoms with Crippen LogP contribution < -0.4 is 15.4 Å². The number of carbonyl (C=O) groups is 5. The summed E-state index contributed by atoms with van der Waals surface area (Å²) < 4.78 is 54.3. The fraction of sp³-hybridized carbons (Fsp3) is 0.513. The van der Waals surface area contributed by atoms with E-state index in [-0.39, 0.29) is 38.9 Å². The van der Waals surface area contributed by atoms with Crippen LogP contribution in [-0.4, -0.2) is 84.0 Å². The van der Waals surface area contributed by atoms with Crippen molar-refractivity contribution in [3.05, 3.63) is 82.1 Å². The van der Waals surface area contributed by atoms with Crippen molar-refractivity contribution in [1.29, 1.82) is 0 Å². The van der Waals surface area contributed by atoms with Gasteiger partial charge in [-0.1, -0.05) is 60.9 Å². The second-order valence-corrected chi connectivity index (χ2v) is 18.0. The molecule has 5 atom stereocenters. The van der Waals surface area contributed by atoms with E-state index in [4.69, 9.17) is 21.1 Å². The molecule has 1 aliphatic carbocycles. The summed E-state index contributed by atoms with van der Waals surface area (Å²) in [6.07, 6.45) is 3.86. The Morgan fingerprint density at radius 1 is 1.07 bits per heavy atom. The number of halogens is 2. The number of rotatable bonds is 6. The standard InChI is InChI=1S/C39H47ClFN5O9S/c1-38(2,3)55-36(50)42-31-16-8-6-4-5-7-13-26-19-39(26,35(49)44-56(52,53)23-24-11-9-14-27(40)17-24)43-33(47)32-18-28(21-46(32)34(31)48)54-37(51)45-20-25-12-10-15-30(41)29(25)22-45/h7,9-15,17,26,28,31-32H,4-6,8,16,18-23H2,1-3H3,(H,42,50)(H,43,47)(H,44,49)/b13-7-/t26-,28+,31-,32-,39+/m0/s1. The molecule has 4 aliphatic rings. The van der Waals surface area contributed by atoms with E-state index >= 15 is 0 Å². The number of alkyl carbamates (subject to hydrolysis) is 1. The van der Waals surface area contributed by atoms with Gasteiger partial charge in [0.05, 0.1) is 18.8 Å². The van der Waals surface area contributed by atoms with Crippen LogP contribution in [0.3, 0.4) is 0 Å². The minimum absolute atomic E-state index is 0.0191. The third kappa shape index (κ3) is 9.81. The molecule has 1 saturated heterocycles. The summed E-state index contributed by atoms with van der Waals surface area (Å²) >= 11 is 6.04. The number of hydrogen-bond acceptors (Lipinski definition) is 9. The molecule has 3 N–H and O–H groups in total. The molecule has 302 valence electrons. The maximum Gasteiger partial charge on any atom is 0.410 e. The highest BCUT2D eigenvalue weighted by atomic mass is 35.5.